The van der Waals surface area contributed by atoms with Crippen LogP contribution in [0.2, 0.25) is 19.6 Å². The molecule has 1 aliphatic rings. The molecule has 0 saturated carbocycles. The van der Waals surface area contributed by atoms with Crippen molar-refractivity contribution >= 4 is 8.32 Å². The molecule has 17 heavy (non-hydrogen) atoms. The predicted octanol–water partition coefficient (Wildman–Crippen LogP) is 3.15. The largest absolute Gasteiger partial charge is 0.544 e. The Morgan fingerprint density at radius 2 is 2.06 bits per heavy atom. The van der Waals surface area contributed by atoms with Gasteiger partial charge in [0.1, 0.15) is 5.75 Å². The molecule has 2 nitrogen and oxygen atoms in total. The molecule has 1 unspecified atom stereocenters. The molecule has 1 aromatic rings. The van der Waals surface area contributed by atoms with Crippen LogP contribution >= 0.6 is 0 Å². The molecule has 0 amide bonds. The first-order valence-electron chi connectivity index (χ1n) is 6.48. The van der Waals surface area contributed by atoms with Crippen LogP contribution in [0.1, 0.15) is 24.0 Å². The van der Waals surface area contributed by atoms with Gasteiger partial charge in [-0.3, -0.25) is 0 Å². The average Bonchev–Trinajstić information content (AvgIpc) is 2.39. The predicted molar refractivity (Wildman–Crippen MR) is 75.4 cm³/mol. The molecule has 0 aromatic heterocycles. The Hall–Kier alpha value is -0.803. The van der Waals surface area contributed by atoms with E-state index in [0.29, 0.717) is 5.92 Å². The van der Waals surface area contributed by atoms with Crippen LogP contribution in [0.5, 0.6) is 5.75 Å². The third-order valence-corrected chi connectivity index (χ3v) is 3.94. The Morgan fingerprint density at radius 3 is 2.76 bits per heavy atom. The Bertz CT molecular complexity index is 398. The van der Waals surface area contributed by atoms with Crippen molar-refractivity contribution in [2.75, 3.05) is 13.1 Å². The van der Waals surface area contributed by atoms with Gasteiger partial charge in [-0.1, -0.05) is 13.0 Å². The summed E-state index contributed by atoms with van der Waals surface area (Å²) in [5, 5.41) is 3.48. The second-order valence-corrected chi connectivity index (χ2v) is 10.4. The second-order valence-electron chi connectivity index (χ2n) is 5.93. The Balaban J connectivity index is 2.28. The number of rotatable bonds is 2. The minimum atomic E-state index is -1.49. The normalized spacial score (nSPS) is 20.6. The van der Waals surface area contributed by atoms with Crippen LogP contribution in [0.15, 0.2) is 18.2 Å². The van der Waals surface area contributed by atoms with Gasteiger partial charge >= 0.3 is 0 Å². The van der Waals surface area contributed by atoms with E-state index in [-0.39, 0.29) is 0 Å². The Labute approximate surface area is 106 Å². The van der Waals surface area contributed by atoms with E-state index < -0.39 is 8.32 Å². The molecule has 3 heteroatoms. The molecule has 1 N–H and O–H groups in total. The van der Waals surface area contributed by atoms with Gasteiger partial charge in [0.25, 0.3) is 0 Å². The average molecular weight is 249 g/mol. The monoisotopic (exact) mass is 249 g/mol. The quantitative estimate of drug-likeness (QED) is 0.813. The van der Waals surface area contributed by atoms with Crippen molar-refractivity contribution in [1.29, 1.82) is 0 Å². The van der Waals surface area contributed by atoms with E-state index >= 15 is 0 Å². The van der Waals surface area contributed by atoms with E-state index in [1.807, 2.05) is 0 Å². The number of fused-ring (bicyclic) bond motifs is 1. The zero-order chi connectivity index (χ0) is 12.5. The van der Waals surface area contributed by atoms with Gasteiger partial charge < -0.3 is 9.74 Å². The van der Waals surface area contributed by atoms with E-state index in [4.69, 9.17) is 4.43 Å². The van der Waals surface area contributed by atoms with Gasteiger partial charge in [0.05, 0.1) is 0 Å². The zero-order valence-electron chi connectivity index (χ0n) is 11.3. The van der Waals surface area contributed by atoms with Crippen LogP contribution in [-0.2, 0) is 6.42 Å². The molecule has 0 saturated heterocycles. The summed E-state index contributed by atoms with van der Waals surface area (Å²) in [6.45, 7) is 11.1. The lowest BCUT2D eigenvalue weighted by molar-refractivity contribution is 0.555. The first-order chi connectivity index (χ1) is 7.96. The highest BCUT2D eigenvalue weighted by atomic mass is 28.4. The van der Waals surface area contributed by atoms with Crippen LogP contribution < -0.4 is 9.74 Å². The van der Waals surface area contributed by atoms with Crippen LogP contribution in [0.3, 0.4) is 0 Å². The molecule has 0 bridgehead atoms. The lowest BCUT2D eigenvalue weighted by Gasteiger charge is -2.21. The summed E-state index contributed by atoms with van der Waals surface area (Å²) in [7, 11) is -1.49. The molecule has 1 heterocycles. The molecule has 1 atom stereocenters. The topological polar surface area (TPSA) is 21.3 Å². The van der Waals surface area contributed by atoms with Crippen molar-refractivity contribution in [3.63, 3.8) is 0 Å². The molecule has 0 aliphatic carbocycles. The smallest absolute Gasteiger partial charge is 0.242 e. The highest BCUT2D eigenvalue weighted by molar-refractivity contribution is 6.70. The third-order valence-electron chi connectivity index (χ3n) is 3.09. The fourth-order valence-electron chi connectivity index (χ4n) is 2.33. The highest BCUT2D eigenvalue weighted by Gasteiger charge is 2.19. The minimum absolute atomic E-state index is 0.581. The van der Waals surface area contributed by atoms with E-state index in [9.17, 15) is 0 Å². The number of hydrogen-bond acceptors (Lipinski definition) is 2. The molecule has 2 rings (SSSR count). The van der Waals surface area contributed by atoms with E-state index in [2.05, 4.69) is 50.1 Å². The first kappa shape index (κ1) is 12.6. The van der Waals surface area contributed by atoms with Crippen molar-refractivity contribution in [3.05, 3.63) is 29.3 Å². The summed E-state index contributed by atoms with van der Waals surface area (Å²) in [6, 6.07) is 6.63. The Morgan fingerprint density at radius 1 is 1.29 bits per heavy atom. The van der Waals surface area contributed by atoms with Gasteiger partial charge in [-0.25, -0.2) is 0 Å². The summed E-state index contributed by atoms with van der Waals surface area (Å²) >= 11 is 0. The van der Waals surface area contributed by atoms with Crippen molar-refractivity contribution in [2.24, 2.45) is 0 Å². The maximum atomic E-state index is 6.08. The molecule has 0 fully saturated rings. The summed E-state index contributed by atoms with van der Waals surface area (Å²) in [5.74, 6) is 1.63. The van der Waals surface area contributed by atoms with Crippen LogP contribution in [0.25, 0.3) is 0 Å². The fraction of sp³-hybridized carbons (Fsp3) is 0.571. The first-order valence-corrected chi connectivity index (χ1v) is 9.89. The minimum Gasteiger partial charge on any atom is -0.544 e. The van der Waals surface area contributed by atoms with Crippen LogP contribution in [-0.4, -0.2) is 21.4 Å². The number of nitrogens with one attached hydrogen (secondary N) is 1. The summed E-state index contributed by atoms with van der Waals surface area (Å²) in [4.78, 5) is 0. The van der Waals surface area contributed by atoms with E-state index in [1.165, 1.54) is 11.1 Å². The number of benzene rings is 1. The second kappa shape index (κ2) is 4.82. The standard InChI is InChI=1S/C14H23NOSi/c1-11-10-15-8-7-12-5-6-13(9-14(11)12)16-17(2,3)4/h5-6,9,11,15H,7-8,10H2,1-4H3. The molecule has 0 spiro atoms. The molecule has 94 valence electrons. The summed E-state index contributed by atoms with van der Waals surface area (Å²) in [5.41, 5.74) is 2.94. The van der Waals surface area contributed by atoms with Crippen LogP contribution in [0, 0.1) is 0 Å². The van der Waals surface area contributed by atoms with E-state index in [1.54, 1.807) is 0 Å². The third kappa shape index (κ3) is 3.33. The van der Waals surface area contributed by atoms with Gasteiger partial charge in [-0.15, -0.1) is 0 Å². The van der Waals surface area contributed by atoms with E-state index in [0.717, 1.165) is 25.3 Å². The van der Waals surface area contributed by atoms with Crippen molar-refractivity contribution in [1.82, 2.24) is 5.32 Å². The molecule has 0 radical (unpaired) electrons. The SMILES string of the molecule is CC1CNCCc2ccc(O[Si](C)(C)C)cc21. The van der Waals surface area contributed by atoms with Gasteiger partial charge in [-0.2, -0.15) is 0 Å². The summed E-state index contributed by atoms with van der Waals surface area (Å²) in [6.07, 6.45) is 1.13. The molecular formula is C14H23NOSi. The highest BCUT2D eigenvalue weighted by Crippen LogP contribution is 2.27. The maximum absolute atomic E-state index is 6.08. The lowest BCUT2D eigenvalue weighted by atomic mass is 9.95. The van der Waals surface area contributed by atoms with Gasteiger partial charge in [0.2, 0.25) is 8.32 Å². The number of hydrogen-bond donors (Lipinski definition) is 1. The molecule has 1 aromatic carbocycles. The van der Waals surface area contributed by atoms with Gasteiger partial charge in [-0.05, 0) is 61.8 Å². The maximum Gasteiger partial charge on any atom is 0.242 e. The summed E-state index contributed by atoms with van der Waals surface area (Å²) < 4.78 is 6.08. The van der Waals surface area contributed by atoms with Crippen molar-refractivity contribution in [2.45, 2.75) is 38.9 Å². The van der Waals surface area contributed by atoms with Crippen molar-refractivity contribution < 1.29 is 4.43 Å². The van der Waals surface area contributed by atoms with Crippen LogP contribution in [0.4, 0.5) is 0 Å². The molecule has 1 aliphatic heterocycles. The fourth-order valence-corrected chi connectivity index (χ4v) is 3.16. The Kier molecular flexibility index (Phi) is 3.59. The van der Waals surface area contributed by atoms with Gasteiger partial charge in [0.15, 0.2) is 0 Å². The lowest BCUT2D eigenvalue weighted by Crippen LogP contribution is -2.29. The van der Waals surface area contributed by atoms with Gasteiger partial charge in [0, 0.05) is 6.54 Å². The zero-order valence-corrected chi connectivity index (χ0v) is 12.3. The van der Waals surface area contributed by atoms with Crippen molar-refractivity contribution in [3.8, 4) is 5.75 Å². The molecular weight excluding hydrogens is 226 g/mol.